The summed E-state index contributed by atoms with van der Waals surface area (Å²) in [4.78, 5) is 34.2. The van der Waals surface area contributed by atoms with Gasteiger partial charge in [0, 0.05) is 6.92 Å². The molecule has 0 bridgehead atoms. The molecule has 1 rings (SSSR count). The first-order chi connectivity index (χ1) is 11.2. The van der Waals surface area contributed by atoms with Crippen LogP contribution in [0.3, 0.4) is 0 Å². The van der Waals surface area contributed by atoms with Crippen LogP contribution in [0.4, 0.5) is 13.2 Å². The lowest BCUT2D eigenvalue weighted by molar-refractivity contribution is -0.149. The van der Waals surface area contributed by atoms with Crippen LogP contribution >= 0.6 is 0 Å². The van der Waals surface area contributed by atoms with E-state index in [2.05, 4.69) is 10.1 Å². The van der Waals surface area contributed by atoms with Gasteiger partial charge in [-0.2, -0.15) is 13.2 Å². The Labute approximate surface area is 135 Å². The third-order valence-corrected chi connectivity index (χ3v) is 2.46. The van der Waals surface area contributed by atoms with Crippen molar-refractivity contribution < 1.29 is 32.3 Å². The summed E-state index contributed by atoms with van der Waals surface area (Å²) in [6.45, 7) is -1.26. The SMILES string of the molecule is CC(=O)N/C(=C\c1ccccc1)C(=O)OCC(=O)NCC(F)(F)F. The molecule has 24 heavy (non-hydrogen) atoms. The second kappa shape index (κ2) is 8.70. The highest BCUT2D eigenvalue weighted by molar-refractivity contribution is 5.98. The number of ether oxygens (including phenoxy) is 1. The third kappa shape index (κ3) is 7.97. The van der Waals surface area contributed by atoms with Crippen molar-refractivity contribution in [3.8, 4) is 0 Å². The van der Waals surface area contributed by atoms with Gasteiger partial charge >= 0.3 is 12.1 Å². The molecule has 0 aliphatic carbocycles. The van der Waals surface area contributed by atoms with Gasteiger partial charge in [-0.1, -0.05) is 30.3 Å². The largest absolute Gasteiger partial charge is 0.451 e. The fraction of sp³-hybridized carbons (Fsp3) is 0.267. The number of benzene rings is 1. The number of carbonyl (C=O) groups is 3. The maximum atomic E-state index is 11.9. The molecule has 6 nitrogen and oxygen atoms in total. The van der Waals surface area contributed by atoms with E-state index >= 15 is 0 Å². The highest BCUT2D eigenvalue weighted by Gasteiger charge is 2.27. The average Bonchev–Trinajstić information content (AvgIpc) is 2.50. The molecule has 0 aliphatic rings. The minimum atomic E-state index is -4.56. The lowest BCUT2D eigenvalue weighted by atomic mass is 10.2. The minimum absolute atomic E-state index is 0.239. The van der Waals surface area contributed by atoms with Crippen molar-refractivity contribution >= 4 is 23.9 Å². The maximum absolute atomic E-state index is 11.9. The Morgan fingerprint density at radius 3 is 2.33 bits per heavy atom. The van der Waals surface area contributed by atoms with Crippen molar-refractivity contribution in [3.63, 3.8) is 0 Å². The lowest BCUT2D eigenvalue weighted by Crippen LogP contribution is -2.37. The van der Waals surface area contributed by atoms with Gasteiger partial charge in [-0.05, 0) is 11.6 Å². The maximum Gasteiger partial charge on any atom is 0.405 e. The summed E-state index contributed by atoms with van der Waals surface area (Å²) in [7, 11) is 0. The number of hydrogen-bond acceptors (Lipinski definition) is 4. The number of amides is 2. The van der Waals surface area contributed by atoms with Gasteiger partial charge in [0.1, 0.15) is 12.2 Å². The molecule has 0 atom stereocenters. The Morgan fingerprint density at radius 1 is 1.17 bits per heavy atom. The van der Waals surface area contributed by atoms with Crippen molar-refractivity contribution in [2.75, 3.05) is 13.2 Å². The predicted octanol–water partition coefficient (Wildman–Crippen LogP) is 1.39. The summed E-state index contributed by atoms with van der Waals surface area (Å²) in [6.07, 6.45) is -3.24. The van der Waals surface area contributed by atoms with E-state index in [-0.39, 0.29) is 5.70 Å². The molecule has 0 aromatic heterocycles. The van der Waals surface area contributed by atoms with Gasteiger partial charge in [-0.15, -0.1) is 0 Å². The molecule has 0 unspecified atom stereocenters. The summed E-state index contributed by atoms with van der Waals surface area (Å²) >= 11 is 0. The fourth-order valence-electron chi connectivity index (χ4n) is 1.51. The van der Waals surface area contributed by atoms with E-state index in [0.717, 1.165) is 0 Å². The van der Waals surface area contributed by atoms with E-state index in [1.807, 2.05) is 0 Å². The Hall–Kier alpha value is -2.84. The Bertz CT molecular complexity index is 627. The number of alkyl halides is 3. The lowest BCUT2D eigenvalue weighted by Gasteiger charge is -2.10. The van der Waals surface area contributed by atoms with Gasteiger partial charge in [0.2, 0.25) is 5.91 Å². The third-order valence-electron chi connectivity index (χ3n) is 2.46. The van der Waals surface area contributed by atoms with E-state index < -0.39 is 37.1 Å². The first kappa shape index (κ1) is 19.2. The Balaban J connectivity index is 2.67. The molecule has 0 aliphatic heterocycles. The summed E-state index contributed by atoms with van der Waals surface area (Å²) in [5, 5.41) is 3.80. The summed E-state index contributed by atoms with van der Waals surface area (Å²) in [6, 6.07) is 8.47. The summed E-state index contributed by atoms with van der Waals surface area (Å²) in [5.74, 6) is -2.70. The van der Waals surface area contributed by atoms with E-state index in [1.165, 1.54) is 13.0 Å². The highest BCUT2D eigenvalue weighted by atomic mass is 19.4. The van der Waals surface area contributed by atoms with Crippen molar-refractivity contribution in [2.24, 2.45) is 0 Å². The number of esters is 1. The highest BCUT2D eigenvalue weighted by Crippen LogP contribution is 2.12. The van der Waals surface area contributed by atoms with Crippen LogP contribution in [0.5, 0.6) is 0 Å². The van der Waals surface area contributed by atoms with Crippen LogP contribution in [0.25, 0.3) is 6.08 Å². The van der Waals surface area contributed by atoms with Crippen LogP contribution in [0.2, 0.25) is 0 Å². The minimum Gasteiger partial charge on any atom is -0.451 e. The monoisotopic (exact) mass is 344 g/mol. The Morgan fingerprint density at radius 2 is 1.79 bits per heavy atom. The molecule has 0 saturated carbocycles. The van der Waals surface area contributed by atoms with E-state index in [1.54, 1.807) is 35.6 Å². The molecule has 2 N–H and O–H groups in total. The van der Waals surface area contributed by atoms with Crippen LogP contribution in [0.1, 0.15) is 12.5 Å². The molecular weight excluding hydrogens is 329 g/mol. The van der Waals surface area contributed by atoms with Gasteiger partial charge in [0.15, 0.2) is 6.61 Å². The van der Waals surface area contributed by atoms with Crippen molar-refractivity contribution in [1.29, 1.82) is 0 Å². The van der Waals surface area contributed by atoms with Gasteiger partial charge in [-0.3, -0.25) is 9.59 Å². The molecule has 130 valence electrons. The summed E-state index contributed by atoms with van der Waals surface area (Å²) < 4.78 is 40.5. The predicted molar refractivity (Wildman–Crippen MR) is 78.3 cm³/mol. The van der Waals surface area contributed by atoms with Crippen LogP contribution in [-0.4, -0.2) is 37.1 Å². The topological polar surface area (TPSA) is 84.5 Å². The quantitative estimate of drug-likeness (QED) is 0.603. The first-order valence-electron chi connectivity index (χ1n) is 6.72. The fourth-order valence-corrected chi connectivity index (χ4v) is 1.51. The molecule has 1 aromatic rings. The van der Waals surface area contributed by atoms with Crippen LogP contribution < -0.4 is 10.6 Å². The normalized spacial score (nSPS) is 11.6. The van der Waals surface area contributed by atoms with Crippen molar-refractivity contribution in [3.05, 3.63) is 41.6 Å². The molecule has 0 spiro atoms. The Kier molecular flexibility index (Phi) is 6.97. The van der Waals surface area contributed by atoms with Crippen LogP contribution in [0, 0.1) is 0 Å². The molecule has 0 heterocycles. The van der Waals surface area contributed by atoms with Crippen LogP contribution in [0.15, 0.2) is 36.0 Å². The zero-order valence-electron chi connectivity index (χ0n) is 12.6. The first-order valence-corrected chi connectivity index (χ1v) is 6.72. The smallest absolute Gasteiger partial charge is 0.405 e. The van der Waals surface area contributed by atoms with E-state index in [4.69, 9.17) is 0 Å². The van der Waals surface area contributed by atoms with Gasteiger partial charge in [0.25, 0.3) is 5.91 Å². The van der Waals surface area contributed by atoms with Crippen LogP contribution in [-0.2, 0) is 19.1 Å². The molecule has 2 amide bonds. The number of hydrogen-bond donors (Lipinski definition) is 2. The number of rotatable bonds is 6. The van der Waals surface area contributed by atoms with Crippen molar-refractivity contribution in [2.45, 2.75) is 13.1 Å². The number of carbonyl (C=O) groups excluding carboxylic acids is 3. The molecule has 0 saturated heterocycles. The standard InChI is InChI=1S/C15H15F3N2O4/c1-10(21)20-12(7-11-5-3-2-4-6-11)14(23)24-8-13(22)19-9-15(16,17)18/h2-7H,8-9H2,1H3,(H,19,22)(H,20,21)/b12-7-. The average molecular weight is 344 g/mol. The second-order valence-electron chi connectivity index (χ2n) is 4.62. The number of halogens is 3. The van der Waals surface area contributed by atoms with Crippen molar-refractivity contribution in [1.82, 2.24) is 10.6 Å². The summed E-state index contributed by atoms with van der Waals surface area (Å²) in [5.41, 5.74) is 0.344. The van der Waals surface area contributed by atoms with E-state index in [9.17, 15) is 27.6 Å². The number of nitrogens with one attached hydrogen (secondary N) is 2. The molecule has 1 aromatic carbocycles. The van der Waals surface area contributed by atoms with Gasteiger partial charge in [0.05, 0.1) is 0 Å². The molecule has 0 radical (unpaired) electrons. The zero-order chi connectivity index (χ0) is 18.2. The van der Waals surface area contributed by atoms with Gasteiger partial charge in [-0.25, -0.2) is 4.79 Å². The van der Waals surface area contributed by atoms with Gasteiger partial charge < -0.3 is 15.4 Å². The molecule has 0 fully saturated rings. The molecular formula is C15H15F3N2O4. The molecule has 9 heteroatoms. The van der Waals surface area contributed by atoms with E-state index in [0.29, 0.717) is 5.56 Å². The zero-order valence-corrected chi connectivity index (χ0v) is 12.6. The second-order valence-corrected chi connectivity index (χ2v) is 4.62.